The summed E-state index contributed by atoms with van der Waals surface area (Å²) in [4.78, 5) is 18.5. The van der Waals surface area contributed by atoms with Crippen LogP contribution in [0.2, 0.25) is 0 Å². The van der Waals surface area contributed by atoms with Gasteiger partial charge in [0.25, 0.3) is 5.91 Å². The maximum Gasteiger partial charge on any atom is 0.273 e. The van der Waals surface area contributed by atoms with Gasteiger partial charge in [-0.15, -0.1) is 11.3 Å². The maximum atomic E-state index is 12.9. The highest BCUT2D eigenvalue weighted by Crippen LogP contribution is 2.26. The molecule has 0 aliphatic carbocycles. The molecule has 0 N–H and O–H groups in total. The van der Waals surface area contributed by atoms with Gasteiger partial charge in [0.2, 0.25) is 0 Å². The van der Waals surface area contributed by atoms with Gasteiger partial charge in [-0.2, -0.15) is 0 Å². The number of aromatic nitrogens is 1. The Balaban J connectivity index is 1.65. The highest BCUT2D eigenvalue weighted by molar-refractivity contribution is 7.13. The highest BCUT2D eigenvalue weighted by Gasteiger charge is 2.18. The van der Waals surface area contributed by atoms with Crippen LogP contribution in [0, 0.1) is 5.82 Å². The minimum Gasteiger partial charge on any atom is -0.489 e. The van der Waals surface area contributed by atoms with Crippen molar-refractivity contribution in [1.29, 1.82) is 0 Å². The lowest BCUT2D eigenvalue weighted by atomic mass is 10.2. The number of benzene rings is 2. The van der Waals surface area contributed by atoms with Crippen molar-refractivity contribution in [2.24, 2.45) is 0 Å². The molecule has 140 valence electrons. The number of rotatable bonds is 6. The zero-order valence-corrected chi connectivity index (χ0v) is 16.3. The predicted octanol–water partition coefficient (Wildman–Crippen LogP) is 5.01. The number of halogens is 1. The minimum absolute atomic E-state index is 0.0771. The topological polar surface area (TPSA) is 42.4 Å². The van der Waals surface area contributed by atoms with Crippen LogP contribution < -0.4 is 4.74 Å². The van der Waals surface area contributed by atoms with E-state index in [-0.39, 0.29) is 17.8 Å². The fraction of sp³-hybridized carbons (Fsp3) is 0.238. The van der Waals surface area contributed by atoms with Gasteiger partial charge in [-0.3, -0.25) is 4.79 Å². The summed E-state index contributed by atoms with van der Waals surface area (Å²) in [5, 5.41) is 2.58. The van der Waals surface area contributed by atoms with Gasteiger partial charge in [-0.05, 0) is 55.8 Å². The Morgan fingerprint density at radius 2 is 1.81 bits per heavy atom. The minimum atomic E-state index is -0.260. The summed E-state index contributed by atoms with van der Waals surface area (Å²) in [5.74, 6) is 0.381. The first-order valence-corrected chi connectivity index (χ1v) is 9.52. The largest absolute Gasteiger partial charge is 0.489 e. The molecule has 4 nitrogen and oxygen atoms in total. The Morgan fingerprint density at radius 1 is 1.15 bits per heavy atom. The van der Waals surface area contributed by atoms with E-state index >= 15 is 0 Å². The number of thiazole rings is 1. The van der Waals surface area contributed by atoms with Gasteiger partial charge in [-0.25, -0.2) is 9.37 Å². The van der Waals surface area contributed by atoms with Crippen molar-refractivity contribution >= 4 is 17.2 Å². The van der Waals surface area contributed by atoms with Crippen molar-refractivity contribution in [3.05, 3.63) is 71.0 Å². The highest BCUT2D eigenvalue weighted by atomic mass is 32.1. The maximum absolute atomic E-state index is 12.9. The van der Waals surface area contributed by atoms with Crippen LogP contribution in [0.15, 0.2) is 53.9 Å². The second kappa shape index (κ2) is 8.31. The Kier molecular flexibility index (Phi) is 5.86. The van der Waals surface area contributed by atoms with Crippen LogP contribution >= 0.6 is 11.3 Å². The lowest BCUT2D eigenvalue weighted by Gasteiger charge is -2.19. The van der Waals surface area contributed by atoms with Crippen molar-refractivity contribution in [2.45, 2.75) is 26.5 Å². The van der Waals surface area contributed by atoms with E-state index in [2.05, 4.69) is 4.98 Å². The Bertz CT molecular complexity index is 905. The average molecular weight is 384 g/mol. The molecule has 3 aromatic rings. The molecule has 0 fully saturated rings. The summed E-state index contributed by atoms with van der Waals surface area (Å²) < 4.78 is 18.6. The van der Waals surface area contributed by atoms with E-state index in [4.69, 9.17) is 4.74 Å². The van der Waals surface area contributed by atoms with E-state index in [0.717, 1.165) is 21.9 Å². The normalized spacial score (nSPS) is 10.9. The number of carbonyl (C=O) groups is 1. The smallest absolute Gasteiger partial charge is 0.273 e. The van der Waals surface area contributed by atoms with Crippen LogP contribution in [0.25, 0.3) is 10.6 Å². The third-order valence-corrected chi connectivity index (χ3v) is 5.13. The number of amides is 1. The number of carbonyl (C=O) groups excluding carboxylic acids is 1. The molecule has 1 amide bonds. The van der Waals surface area contributed by atoms with Crippen LogP contribution in [0.1, 0.15) is 29.9 Å². The van der Waals surface area contributed by atoms with E-state index in [1.54, 1.807) is 29.5 Å². The first-order valence-electron chi connectivity index (χ1n) is 8.64. The molecule has 0 spiro atoms. The summed E-state index contributed by atoms with van der Waals surface area (Å²) in [5.41, 5.74) is 2.29. The molecule has 0 saturated heterocycles. The third kappa shape index (κ3) is 4.71. The van der Waals surface area contributed by atoms with Crippen LogP contribution in [0.3, 0.4) is 0 Å². The van der Waals surface area contributed by atoms with Crippen LogP contribution in [-0.4, -0.2) is 28.9 Å². The van der Waals surface area contributed by atoms with Gasteiger partial charge in [0.05, 0.1) is 0 Å². The first kappa shape index (κ1) is 19.0. The molecule has 1 aromatic heterocycles. The standard InChI is InChI=1S/C21H21FN2O2S/c1-14(2)24(3)21(25)19-13-27-20(23-19)16-6-10-18(11-7-16)26-12-15-4-8-17(22)9-5-15/h4-11,13-14H,12H2,1-3H3. The van der Waals surface area contributed by atoms with Gasteiger partial charge in [0.1, 0.15) is 28.9 Å². The van der Waals surface area contributed by atoms with E-state index in [1.807, 2.05) is 38.1 Å². The summed E-state index contributed by atoms with van der Waals surface area (Å²) in [7, 11) is 1.78. The molecule has 3 rings (SSSR count). The molecule has 27 heavy (non-hydrogen) atoms. The number of hydrogen-bond acceptors (Lipinski definition) is 4. The molecule has 1 heterocycles. The molecular formula is C21H21FN2O2S. The van der Waals surface area contributed by atoms with E-state index in [0.29, 0.717) is 12.3 Å². The van der Waals surface area contributed by atoms with Crippen molar-refractivity contribution in [3.63, 3.8) is 0 Å². The Labute approximate surface area is 162 Å². The molecule has 0 bridgehead atoms. The fourth-order valence-electron chi connectivity index (χ4n) is 2.36. The van der Waals surface area contributed by atoms with Crippen molar-refractivity contribution < 1.29 is 13.9 Å². The zero-order valence-electron chi connectivity index (χ0n) is 15.5. The molecule has 6 heteroatoms. The van der Waals surface area contributed by atoms with Gasteiger partial charge in [-0.1, -0.05) is 12.1 Å². The van der Waals surface area contributed by atoms with E-state index in [9.17, 15) is 9.18 Å². The average Bonchev–Trinajstić information content (AvgIpc) is 3.17. The van der Waals surface area contributed by atoms with Crippen molar-refractivity contribution in [2.75, 3.05) is 7.05 Å². The Hall–Kier alpha value is -2.73. The predicted molar refractivity (Wildman–Crippen MR) is 106 cm³/mol. The molecule has 0 saturated carbocycles. The number of ether oxygens (including phenoxy) is 1. The molecule has 2 aromatic carbocycles. The van der Waals surface area contributed by atoms with Gasteiger partial charge in [0, 0.05) is 24.0 Å². The SMILES string of the molecule is CC(C)N(C)C(=O)c1csc(-c2ccc(OCc3ccc(F)cc3)cc2)n1. The third-order valence-electron chi connectivity index (χ3n) is 4.24. The first-order chi connectivity index (χ1) is 12.9. The monoisotopic (exact) mass is 384 g/mol. The van der Waals surface area contributed by atoms with E-state index in [1.165, 1.54) is 23.5 Å². The van der Waals surface area contributed by atoms with Crippen molar-refractivity contribution in [3.8, 4) is 16.3 Å². The molecule has 0 aliphatic rings. The summed E-state index contributed by atoms with van der Waals surface area (Å²) >= 11 is 1.44. The van der Waals surface area contributed by atoms with Crippen LogP contribution in [-0.2, 0) is 6.61 Å². The number of nitrogens with zero attached hydrogens (tertiary/aromatic N) is 2. The van der Waals surface area contributed by atoms with Crippen molar-refractivity contribution in [1.82, 2.24) is 9.88 Å². The second-order valence-electron chi connectivity index (χ2n) is 6.49. The molecular weight excluding hydrogens is 363 g/mol. The Morgan fingerprint density at radius 3 is 2.44 bits per heavy atom. The second-order valence-corrected chi connectivity index (χ2v) is 7.35. The quantitative estimate of drug-likeness (QED) is 0.600. The number of hydrogen-bond donors (Lipinski definition) is 0. The molecule has 0 atom stereocenters. The van der Waals surface area contributed by atoms with Gasteiger partial charge < -0.3 is 9.64 Å². The van der Waals surface area contributed by atoms with Gasteiger partial charge in [0.15, 0.2) is 0 Å². The zero-order chi connectivity index (χ0) is 19.4. The summed E-state index contributed by atoms with van der Waals surface area (Å²) in [6.07, 6.45) is 0. The fourth-order valence-corrected chi connectivity index (χ4v) is 3.16. The van der Waals surface area contributed by atoms with E-state index < -0.39 is 0 Å². The molecule has 0 unspecified atom stereocenters. The van der Waals surface area contributed by atoms with Gasteiger partial charge >= 0.3 is 0 Å². The van der Waals surface area contributed by atoms with Crippen LogP contribution in [0.5, 0.6) is 5.75 Å². The molecule has 0 radical (unpaired) electrons. The molecule has 0 aliphatic heterocycles. The summed E-state index contributed by atoms with van der Waals surface area (Å²) in [6.45, 7) is 4.31. The van der Waals surface area contributed by atoms with Crippen LogP contribution in [0.4, 0.5) is 4.39 Å². The summed E-state index contributed by atoms with van der Waals surface area (Å²) in [6, 6.07) is 13.9. The lowest BCUT2D eigenvalue weighted by molar-refractivity contribution is 0.0750. The lowest BCUT2D eigenvalue weighted by Crippen LogP contribution is -2.33.